The van der Waals surface area contributed by atoms with Crippen molar-refractivity contribution in [2.75, 3.05) is 14.2 Å². The van der Waals surface area contributed by atoms with Gasteiger partial charge < -0.3 is 18.6 Å². The molecule has 0 fully saturated rings. The van der Waals surface area contributed by atoms with E-state index in [2.05, 4.69) is 50.7 Å². The van der Waals surface area contributed by atoms with Gasteiger partial charge in [-0.2, -0.15) is 0 Å². The average Bonchev–Trinajstić information content (AvgIpc) is 3.45. The Balaban J connectivity index is 1.74. The SMILES string of the molecule is COc1ccc(-c2csc(=Nc3ccc(C)cc3)n2CCCn2ccnc2)c(OC)c1. The second-order valence-corrected chi connectivity index (χ2v) is 8.06. The normalized spacial score (nSPS) is 11.6. The van der Waals surface area contributed by atoms with Gasteiger partial charge in [0.1, 0.15) is 11.5 Å². The summed E-state index contributed by atoms with van der Waals surface area (Å²) in [6.45, 7) is 3.81. The summed E-state index contributed by atoms with van der Waals surface area (Å²) in [5, 5.41) is 2.15. The Morgan fingerprint density at radius 3 is 2.58 bits per heavy atom. The second-order valence-electron chi connectivity index (χ2n) is 7.22. The molecule has 2 heterocycles. The molecule has 0 aliphatic rings. The van der Waals surface area contributed by atoms with Crippen molar-refractivity contribution in [1.29, 1.82) is 0 Å². The Kier molecular flexibility index (Phi) is 6.52. The molecular weight excluding hydrogens is 408 g/mol. The predicted molar refractivity (Wildman–Crippen MR) is 124 cm³/mol. The molecule has 31 heavy (non-hydrogen) atoms. The molecule has 0 radical (unpaired) electrons. The van der Waals surface area contributed by atoms with Crippen LogP contribution >= 0.6 is 11.3 Å². The van der Waals surface area contributed by atoms with Crippen molar-refractivity contribution in [2.24, 2.45) is 4.99 Å². The third-order valence-electron chi connectivity index (χ3n) is 5.10. The lowest BCUT2D eigenvalue weighted by atomic mass is 10.1. The van der Waals surface area contributed by atoms with Gasteiger partial charge in [0.15, 0.2) is 4.80 Å². The standard InChI is InChI=1S/C24H26N4O2S/c1-18-5-7-19(8-6-18)26-24-28(13-4-12-27-14-11-25-17-27)22(16-31-24)21-10-9-20(29-2)15-23(21)30-3/h5-11,14-17H,4,12-13H2,1-3H3. The first-order valence-electron chi connectivity index (χ1n) is 10.2. The molecule has 0 bridgehead atoms. The summed E-state index contributed by atoms with van der Waals surface area (Å²) in [4.78, 5) is 10.0. The molecule has 160 valence electrons. The van der Waals surface area contributed by atoms with Gasteiger partial charge in [0.2, 0.25) is 0 Å². The Labute approximate surface area is 186 Å². The first-order valence-corrected chi connectivity index (χ1v) is 11.0. The maximum atomic E-state index is 5.67. The van der Waals surface area contributed by atoms with E-state index in [1.807, 2.05) is 36.9 Å². The van der Waals surface area contributed by atoms with Crippen LogP contribution in [0.4, 0.5) is 5.69 Å². The van der Waals surface area contributed by atoms with Crippen molar-refractivity contribution in [3.05, 3.63) is 76.9 Å². The number of methoxy groups -OCH3 is 2. The summed E-state index contributed by atoms with van der Waals surface area (Å²) in [6, 6.07) is 14.2. The number of ether oxygens (including phenoxy) is 2. The van der Waals surface area contributed by atoms with E-state index >= 15 is 0 Å². The van der Waals surface area contributed by atoms with E-state index in [9.17, 15) is 0 Å². The summed E-state index contributed by atoms with van der Waals surface area (Å²) in [5.41, 5.74) is 4.28. The zero-order valence-electron chi connectivity index (χ0n) is 18.0. The number of rotatable bonds is 8. The molecule has 0 amide bonds. The van der Waals surface area contributed by atoms with Crippen LogP contribution in [0.1, 0.15) is 12.0 Å². The van der Waals surface area contributed by atoms with Crippen molar-refractivity contribution in [3.63, 3.8) is 0 Å². The van der Waals surface area contributed by atoms with Crippen LogP contribution in [-0.4, -0.2) is 28.3 Å². The maximum Gasteiger partial charge on any atom is 0.190 e. The lowest BCUT2D eigenvalue weighted by Crippen LogP contribution is -2.17. The third kappa shape index (κ3) is 4.88. The van der Waals surface area contributed by atoms with Gasteiger partial charge in [-0.05, 0) is 37.6 Å². The predicted octanol–water partition coefficient (Wildman–Crippen LogP) is 5.06. The number of imidazole rings is 1. The summed E-state index contributed by atoms with van der Waals surface area (Å²) in [7, 11) is 3.35. The van der Waals surface area contributed by atoms with Gasteiger partial charge in [-0.1, -0.05) is 17.7 Å². The van der Waals surface area contributed by atoms with Gasteiger partial charge in [-0.3, -0.25) is 0 Å². The van der Waals surface area contributed by atoms with Crippen molar-refractivity contribution < 1.29 is 9.47 Å². The van der Waals surface area contributed by atoms with E-state index in [1.54, 1.807) is 25.6 Å². The molecule has 4 rings (SSSR count). The molecule has 0 N–H and O–H groups in total. The number of aryl methyl sites for hydroxylation is 2. The minimum atomic E-state index is 0.770. The van der Waals surface area contributed by atoms with Gasteiger partial charge in [-0.15, -0.1) is 11.3 Å². The van der Waals surface area contributed by atoms with Crippen LogP contribution in [0.2, 0.25) is 0 Å². The molecule has 7 heteroatoms. The van der Waals surface area contributed by atoms with Crippen molar-refractivity contribution in [3.8, 4) is 22.8 Å². The summed E-state index contributed by atoms with van der Waals surface area (Å²) >= 11 is 1.64. The summed E-state index contributed by atoms with van der Waals surface area (Å²) < 4.78 is 15.4. The molecule has 0 aliphatic carbocycles. The Bertz CT molecular complexity index is 1190. The van der Waals surface area contributed by atoms with E-state index < -0.39 is 0 Å². The molecule has 0 atom stereocenters. The van der Waals surface area contributed by atoms with Crippen LogP contribution in [0, 0.1) is 6.92 Å². The van der Waals surface area contributed by atoms with Crippen LogP contribution < -0.4 is 14.3 Å². The van der Waals surface area contributed by atoms with Gasteiger partial charge in [0.05, 0.1) is 31.9 Å². The lowest BCUT2D eigenvalue weighted by Gasteiger charge is -2.13. The minimum absolute atomic E-state index is 0.770. The average molecular weight is 435 g/mol. The number of nitrogens with zero attached hydrogens (tertiary/aromatic N) is 4. The Morgan fingerprint density at radius 1 is 1.03 bits per heavy atom. The summed E-state index contributed by atoms with van der Waals surface area (Å²) in [5.74, 6) is 1.55. The largest absolute Gasteiger partial charge is 0.497 e. The van der Waals surface area contributed by atoms with Crippen molar-refractivity contribution in [1.82, 2.24) is 14.1 Å². The number of aromatic nitrogens is 3. The first kappa shape index (κ1) is 20.9. The van der Waals surface area contributed by atoms with Crippen LogP contribution in [0.5, 0.6) is 11.5 Å². The topological polar surface area (TPSA) is 53.6 Å². The zero-order valence-corrected chi connectivity index (χ0v) is 18.8. The van der Waals surface area contributed by atoms with Crippen molar-refractivity contribution >= 4 is 17.0 Å². The number of hydrogen-bond donors (Lipinski definition) is 0. The monoisotopic (exact) mass is 434 g/mol. The number of thiazole rings is 1. The molecule has 0 aliphatic heterocycles. The quantitative estimate of drug-likeness (QED) is 0.389. The van der Waals surface area contributed by atoms with Gasteiger partial charge >= 0.3 is 0 Å². The smallest absolute Gasteiger partial charge is 0.190 e. The number of hydrogen-bond acceptors (Lipinski definition) is 5. The third-order valence-corrected chi connectivity index (χ3v) is 5.96. The highest BCUT2D eigenvalue weighted by Crippen LogP contribution is 2.33. The zero-order chi connectivity index (χ0) is 21.6. The Hall–Kier alpha value is -3.32. The first-order chi connectivity index (χ1) is 15.2. The minimum Gasteiger partial charge on any atom is -0.497 e. The highest BCUT2D eigenvalue weighted by molar-refractivity contribution is 7.07. The molecule has 4 aromatic rings. The highest BCUT2D eigenvalue weighted by atomic mass is 32.1. The van der Waals surface area contributed by atoms with Crippen LogP contribution in [0.25, 0.3) is 11.3 Å². The number of benzene rings is 2. The molecule has 0 saturated heterocycles. The molecule has 2 aromatic carbocycles. The molecule has 6 nitrogen and oxygen atoms in total. The molecule has 0 saturated carbocycles. The fourth-order valence-corrected chi connectivity index (χ4v) is 4.37. The van der Waals surface area contributed by atoms with Crippen LogP contribution in [0.3, 0.4) is 0 Å². The summed E-state index contributed by atoms with van der Waals surface area (Å²) in [6.07, 6.45) is 6.61. The molecular formula is C24H26N4O2S. The van der Waals surface area contributed by atoms with E-state index in [0.29, 0.717) is 0 Å². The van der Waals surface area contributed by atoms with Crippen LogP contribution in [-0.2, 0) is 13.1 Å². The second kappa shape index (κ2) is 9.66. The highest BCUT2D eigenvalue weighted by Gasteiger charge is 2.14. The van der Waals surface area contributed by atoms with Gasteiger partial charge in [-0.25, -0.2) is 9.98 Å². The Morgan fingerprint density at radius 2 is 1.87 bits per heavy atom. The van der Waals surface area contributed by atoms with Gasteiger partial charge in [0.25, 0.3) is 0 Å². The van der Waals surface area contributed by atoms with E-state index in [0.717, 1.165) is 52.8 Å². The van der Waals surface area contributed by atoms with Crippen LogP contribution in [0.15, 0.2) is 71.6 Å². The van der Waals surface area contributed by atoms with E-state index in [-0.39, 0.29) is 0 Å². The molecule has 2 aromatic heterocycles. The maximum absolute atomic E-state index is 5.67. The van der Waals surface area contributed by atoms with Gasteiger partial charge in [0, 0.05) is 42.5 Å². The molecule has 0 unspecified atom stereocenters. The lowest BCUT2D eigenvalue weighted by molar-refractivity contribution is 0.395. The van der Waals surface area contributed by atoms with Crippen molar-refractivity contribution in [2.45, 2.75) is 26.4 Å². The van der Waals surface area contributed by atoms with E-state index in [4.69, 9.17) is 14.5 Å². The fourth-order valence-electron chi connectivity index (χ4n) is 3.42. The fraction of sp³-hybridized carbons (Fsp3) is 0.250. The molecule has 0 spiro atoms. The van der Waals surface area contributed by atoms with E-state index in [1.165, 1.54) is 5.56 Å².